The third kappa shape index (κ3) is 4.46. The summed E-state index contributed by atoms with van der Waals surface area (Å²) >= 11 is 7.18. The number of methoxy groups -OCH3 is 1. The van der Waals surface area contributed by atoms with E-state index in [1.165, 1.54) is 29.7 Å². The zero-order chi connectivity index (χ0) is 21.3. The van der Waals surface area contributed by atoms with Crippen LogP contribution in [-0.4, -0.2) is 64.0 Å². The van der Waals surface area contributed by atoms with Crippen LogP contribution in [0.5, 0.6) is 0 Å². The summed E-state index contributed by atoms with van der Waals surface area (Å²) in [4.78, 5) is 17.9. The Bertz CT molecular complexity index is 926. The van der Waals surface area contributed by atoms with Gasteiger partial charge in [0, 0.05) is 55.9 Å². The molecule has 0 unspecified atom stereocenters. The van der Waals surface area contributed by atoms with Crippen LogP contribution >= 0.6 is 23.6 Å². The fraction of sp³-hybridized carbons (Fsp3) is 0.550. The van der Waals surface area contributed by atoms with Gasteiger partial charge in [-0.25, -0.2) is 4.79 Å². The predicted octanol–water partition coefficient (Wildman–Crippen LogP) is 3.02. The van der Waals surface area contributed by atoms with Crippen LogP contribution in [0.25, 0.3) is 0 Å². The van der Waals surface area contributed by atoms with Crippen molar-refractivity contribution in [2.75, 3.05) is 38.6 Å². The topological polar surface area (TPSA) is 62.6 Å². The molecule has 1 aliphatic rings. The molecule has 1 saturated heterocycles. The first-order valence-corrected chi connectivity index (χ1v) is 10.9. The Morgan fingerprint density at radius 3 is 2.41 bits per heavy atom. The number of hydrogen-bond acceptors (Lipinski definition) is 6. The molecule has 0 saturated carbocycles. The van der Waals surface area contributed by atoms with E-state index in [0.717, 1.165) is 53.9 Å². The number of piperazine rings is 1. The lowest BCUT2D eigenvalue weighted by Gasteiger charge is -2.36. The summed E-state index contributed by atoms with van der Waals surface area (Å²) in [5, 5.41) is 9.23. The van der Waals surface area contributed by atoms with Crippen molar-refractivity contribution in [3.63, 3.8) is 0 Å². The van der Waals surface area contributed by atoms with Gasteiger partial charge in [0.25, 0.3) is 0 Å². The van der Waals surface area contributed by atoms with Crippen LogP contribution in [-0.2, 0) is 18.3 Å². The second-order valence-corrected chi connectivity index (χ2v) is 9.06. The number of carbonyl (C=O) groups is 1. The molecule has 1 fully saturated rings. The van der Waals surface area contributed by atoms with Crippen molar-refractivity contribution in [3.05, 3.63) is 33.0 Å². The van der Waals surface area contributed by atoms with E-state index in [1.54, 1.807) is 0 Å². The van der Waals surface area contributed by atoms with Gasteiger partial charge in [0.05, 0.1) is 18.4 Å². The number of thiophene rings is 1. The van der Waals surface area contributed by atoms with Crippen molar-refractivity contribution in [1.29, 1.82) is 0 Å². The van der Waals surface area contributed by atoms with Gasteiger partial charge in [-0.05, 0) is 45.5 Å². The van der Waals surface area contributed by atoms with Crippen molar-refractivity contribution in [2.24, 2.45) is 7.05 Å². The van der Waals surface area contributed by atoms with Crippen molar-refractivity contribution in [2.45, 2.75) is 34.2 Å². The van der Waals surface area contributed by atoms with Crippen LogP contribution in [0.1, 0.15) is 37.7 Å². The summed E-state index contributed by atoms with van der Waals surface area (Å²) in [6.07, 6.45) is 0. The first-order valence-electron chi connectivity index (χ1n) is 9.68. The second-order valence-electron chi connectivity index (χ2n) is 7.45. The maximum atomic E-state index is 12.2. The van der Waals surface area contributed by atoms with Crippen LogP contribution in [0.15, 0.2) is 0 Å². The first-order chi connectivity index (χ1) is 13.7. The Labute approximate surface area is 181 Å². The van der Waals surface area contributed by atoms with Crippen LogP contribution in [0.4, 0.5) is 5.00 Å². The number of nitrogens with zero attached hydrogens (tertiary/aromatic N) is 4. The van der Waals surface area contributed by atoms with E-state index in [1.807, 2.05) is 25.6 Å². The standard InChI is InChI=1S/C20H29N5O2S2/c1-12-15(4)29-18(17(12)19(26)27-6)21-20(28)25-9-7-24(8-10-25)11-16-13(2)22-23(5)14(16)3/h7-11H2,1-6H3,(H,21,28). The number of aryl methyl sites for hydroxylation is 3. The molecule has 3 heterocycles. The Balaban J connectivity index is 1.61. The molecular weight excluding hydrogens is 406 g/mol. The predicted molar refractivity (Wildman–Crippen MR) is 121 cm³/mol. The van der Waals surface area contributed by atoms with Crippen LogP contribution in [0, 0.1) is 27.7 Å². The smallest absolute Gasteiger partial charge is 0.341 e. The summed E-state index contributed by atoms with van der Waals surface area (Å²) < 4.78 is 6.90. The Kier molecular flexibility index (Phi) is 6.60. The van der Waals surface area contributed by atoms with Crippen LogP contribution in [0.2, 0.25) is 0 Å². The summed E-state index contributed by atoms with van der Waals surface area (Å²) in [5.41, 5.74) is 5.16. The van der Waals surface area contributed by atoms with E-state index in [0.29, 0.717) is 10.7 Å². The van der Waals surface area contributed by atoms with Gasteiger partial charge in [-0.2, -0.15) is 5.10 Å². The van der Waals surface area contributed by atoms with Gasteiger partial charge < -0.3 is 15.0 Å². The maximum absolute atomic E-state index is 12.2. The van der Waals surface area contributed by atoms with E-state index in [2.05, 4.69) is 34.1 Å². The fourth-order valence-corrected chi connectivity index (χ4v) is 5.01. The minimum absolute atomic E-state index is 0.329. The number of thiocarbonyl (C=S) groups is 1. The highest BCUT2D eigenvalue weighted by molar-refractivity contribution is 7.80. The molecule has 0 aromatic carbocycles. The number of hydrogen-bond donors (Lipinski definition) is 1. The zero-order valence-electron chi connectivity index (χ0n) is 18.0. The number of aromatic nitrogens is 2. The van der Waals surface area contributed by atoms with Gasteiger partial charge in [0.2, 0.25) is 0 Å². The number of nitrogens with one attached hydrogen (secondary N) is 1. The van der Waals surface area contributed by atoms with Gasteiger partial charge in [-0.1, -0.05) is 0 Å². The summed E-state index contributed by atoms with van der Waals surface area (Å²) in [7, 11) is 3.40. The van der Waals surface area contributed by atoms with Gasteiger partial charge >= 0.3 is 5.97 Å². The molecule has 2 aromatic rings. The molecule has 9 heteroatoms. The molecule has 0 atom stereocenters. The van der Waals surface area contributed by atoms with Gasteiger partial charge in [0.15, 0.2) is 5.11 Å². The Hall–Kier alpha value is -1.97. The number of esters is 1. The highest BCUT2D eigenvalue weighted by Crippen LogP contribution is 2.33. The number of anilines is 1. The van der Waals surface area contributed by atoms with Crippen molar-refractivity contribution >= 4 is 39.6 Å². The number of ether oxygens (including phenoxy) is 1. The first kappa shape index (κ1) is 21.7. The Morgan fingerprint density at radius 1 is 1.21 bits per heavy atom. The van der Waals surface area contributed by atoms with E-state index in [9.17, 15) is 4.79 Å². The monoisotopic (exact) mass is 435 g/mol. The molecule has 2 aromatic heterocycles. The highest BCUT2D eigenvalue weighted by atomic mass is 32.1. The third-order valence-electron chi connectivity index (χ3n) is 5.70. The highest BCUT2D eigenvalue weighted by Gasteiger charge is 2.24. The molecule has 0 amide bonds. The lowest BCUT2D eigenvalue weighted by atomic mass is 10.1. The fourth-order valence-electron chi connectivity index (χ4n) is 3.62. The molecule has 0 bridgehead atoms. The summed E-state index contributed by atoms with van der Waals surface area (Å²) in [5.74, 6) is -0.329. The van der Waals surface area contributed by atoms with E-state index in [4.69, 9.17) is 17.0 Å². The van der Waals surface area contributed by atoms with Crippen molar-refractivity contribution in [3.8, 4) is 0 Å². The van der Waals surface area contributed by atoms with E-state index < -0.39 is 0 Å². The van der Waals surface area contributed by atoms with Crippen molar-refractivity contribution in [1.82, 2.24) is 19.6 Å². The van der Waals surface area contributed by atoms with Gasteiger partial charge in [-0.3, -0.25) is 9.58 Å². The average Bonchev–Trinajstić information content (AvgIpc) is 3.10. The molecule has 0 radical (unpaired) electrons. The molecule has 1 N–H and O–H groups in total. The van der Waals surface area contributed by atoms with Crippen LogP contribution in [0.3, 0.4) is 0 Å². The average molecular weight is 436 g/mol. The quantitative estimate of drug-likeness (QED) is 0.585. The van der Waals surface area contributed by atoms with Crippen molar-refractivity contribution < 1.29 is 9.53 Å². The molecule has 7 nitrogen and oxygen atoms in total. The molecule has 0 spiro atoms. The summed E-state index contributed by atoms with van der Waals surface area (Å²) in [6, 6.07) is 0. The van der Waals surface area contributed by atoms with E-state index in [-0.39, 0.29) is 5.97 Å². The van der Waals surface area contributed by atoms with Gasteiger partial charge in [0.1, 0.15) is 5.00 Å². The molecule has 3 rings (SSSR count). The minimum Gasteiger partial charge on any atom is -0.465 e. The molecule has 158 valence electrons. The molecule has 1 aliphatic heterocycles. The number of carbonyl (C=O) groups excluding carboxylic acids is 1. The van der Waals surface area contributed by atoms with E-state index >= 15 is 0 Å². The largest absolute Gasteiger partial charge is 0.465 e. The molecule has 0 aliphatic carbocycles. The summed E-state index contributed by atoms with van der Waals surface area (Å²) in [6.45, 7) is 12.6. The second kappa shape index (κ2) is 8.81. The lowest BCUT2D eigenvalue weighted by Crippen LogP contribution is -2.49. The Morgan fingerprint density at radius 2 is 1.86 bits per heavy atom. The number of rotatable bonds is 4. The minimum atomic E-state index is -0.329. The zero-order valence-corrected chi connectivity index (χ0v) is 19.6. The van der Waals surface area contributed by atoms with Gasteiger partial charge in [-0.15, -0.1) is 11.3 Å². The normalized spacial score (nSPS) is 14.9. The molecular formula is C20H29N5O2S2. The lowest BCUT2D eigenvalue weighted by molar-refractivity contribution is 0.0601. The van der Waals surface area contributed by atoms with Crippen LogP contribution < -0.4 is 5.32 Å². The maximum Gasteiger partial charge on any atom is 0.341 e. The third-order valence-corrected chi connectivity index (χ3v) is 7.18. The molecule has 29 heavy (non-hydrogen) atoms. The SMILES string of the molecule is COC(=O)c1c(NC(=S)N2CCN(Cc3c(C)nn(C)c3C)CC2)sc(C)c1C.